The first-order chi connectivity index (χ1) is 12.9. The maximum atomic E-state index is 14.0. The number of thiazole rings is 1. The zero-order chi connectivity index (χ0) is 19.1. The van der Waals surface area contributed by atoms with Gasteiger partial charge in [0, 0.05) is 6.07 Å². The summed E-state index contributed by atoms with van der Waals surface area (Å²) >= 11 is 1.02. The molecule has 0 radical (unpaired) electrons. The molecule has 9 heteroatoms. The number of hydrogen-bond donors (Lipinski definition) is 1. The number of hydrogen-bond acceptors (Lipinski definition) is 4. The summed E-state index contributed by atoms with van der Waals surface area (Å²) in [7, 11) is 0. The molecule has 0 unspecified atom stereocenters. The topological polar surface area (TPSA) is 59.8 Å². The zero-order valence-corrected chi connectivity index (χ0v) is 14.6. The molecular weight excluding hydrogens is 377 g/mol. The molecule has 4 rings (SSSR count). The SMILES string of the molecule is Cc1c(C(=O)Nc2nc3cc(F)c(F)cc3s2)cnn1-c1ccccc1F. The molecule has 4 aromatic rings. The Morgan fingerprint density at radius 1 is 1.11 bits per heavy atom. The molecule has 0 aliphatic rings. The number of benzene rings is 2. The Morgan fingerprint density at radius 2 is 1.85 bits per heavy atom. The average molecular weight is 388 g/mol. The van der Waals surface area contributed by atoms with Crippen molar-refractivity contribution in [2.24, 2.45) is 0 Å². The van der Waals surface area contributed by atoms with E-state index in [1.54, 1.807) is 25.1 Å². The van der Waals surface area contributed by atoms with E-state index in [9.17, 15) is 18.0 Å². The monoisotopic (exact) mass is 388 g/mol. The van der Waals surface area contributed by atoms with Crippen LogP contribution in [0.15, 0.2) is 42.6 Å². The molecule has 0 spiro atoms. The summed E-state index contributed by atoms with van der Waals surface area (Å²) in [5.41, 5.74) is 1.14. The zero-order valence-electron chi connectivity index (χ0n) is 13.8. The molecular formula is C18H11F3N4OS. The molecule has 0 saturated carbocycles. The largest absolute Gasteiger partial charge is 0.298 e. The molecule has 27 heavy (non-hydrogen) atoms. The van der Waals surface area contributed by atoms with E-state index in [-0.39, 0.29) is 21.9 Å². The van der Waals surface area contributed by atoms with E-state index in [0.717, 1.165) is 23.5 Å². The predicted octanol–water partition coefficient (Wildman–Crippen LogP) is 4.46. The molecule has 1 amide bonds. The molecule has 2 aromatic heterocycles. The quantitative estimate of drug-likeness (QED) is 0.564. The molecule has 5 nitrogen and oxygen atoms in total. The third kappa shape index (κ3) is 3.06. The Hall–Kier alpha value is -3.20. The van der Waals surface area contributed by atoms with Crippen LogP contribution in [-0.4, -0.2) is 20.7 Å². The summed E-state index contributed by atoms with van der Waals surface area (Å²) in [4.78, 5) is 16.6. The van der Waals surface area contributed by atoms with Crippen molar-refractivity contribution < 1.29 is 18.0 Å². The summed E-state index contributed by atoms with van der Waals surface area (Å²) in [5.74, 6) is -2.96. The van der Waals surface area contributed by atoms with Crippen molar-refractivity contribution in [3.8, 4) is 5.69 Å². The van der Waals surface area contributed by atoms with Gasteiger partial charge in [0.25, 0.3) is 5.91 Å². The number of rotatable bonds is 3. The number of anilines is 1. The van der Waals surface area contributed by atoms with Crippen molar-refractivity contribution in [2.45, 2.75) is 6.92 Å². The Kier molecular flexibility index (Phi) is 4.15. The number of carbonyl (C=O) groups is 1. The van der Waals surface area contributed by atoms with Crippen molar-refractivity contribution in [2.75, 3.05) is 5.32 Å². The highest BCUT2D eigenvalue weighted by molar-refractivity contribution is 7.22. The number of fused-ring (bicyclic) bond motifs is 1. The fourth-order valence-electron chi connectivity index (χ4n) is 2.64. The van der Waals surface area contributed by atoms with Gasteiger partial charge in [0.1, 0.15) is 11.5 Å². The lowest BCUT2D eigenvalue weighted by molar-refractivity contribution is 0.102. The van der Waals surface area contributed by atoms with Crippen LogP contribution in [-0.2, 0) is 0 Å². The number of nitrogens with one attached hydrogen (secondary N) is 1. The molecule has 0 fully saturated rings. The fourth-order valence-corrected chi connectivity index (χ4v) is 3.51. The van der Waals surface area contributed by atoms with Crippen molar-refractivity contribution in [1.82, 2.24) is 14.8 Å². The van der Waals surface area contributed by atoms with Gasteiger partial charge in [-0.2, -0.15) is 5.10 Å². The number of carbonyl (C=O) groups excluding carboxylic acids is 1. The average Bonchev–Trinajstić information content (AvgIpc) is 3.18. The second-order valence-corrected chi connectivity index (χ2v) is 6.74. The summed E-state index contributed by atoms with van der Waals surface area (Å²) in [6.07, 6.45) is 1.32. The molecule has 1 N–H and O–H groups in total. The van der Waals surface area contributed by atoms with E-state index in [1.165, 1.54) is 16.9 Å². The minimum Gasteiger partial charge on any atom is -0.298 e. The van der Waals surface area contributed by atoms with Gasteiger partial charge in [-0.15, -0.1) is 0 Å². The third-order valence-electron chi connectivity index (χ3n) is 3.99. The van der Waals surface area contributed by atoms with Gasteiger partial charge in [0.05, 0.1) is 27.7 Å². The van der Waals surface area contributed by atoms with Crippen LogP contribution < -0.4 is 5.32 Å². The van der Waals surface area contributed by atoms with Gasteiger partial charge < -0.3 is 0 Å². The lowest BCUT2D eigenvalue weighted by atomic mass is 10.2. The van der Waals surface area contributed by atoms with E-state index < -0.39 is 23.4 Å². The minimum atomic E-state index is -1.01. The second-order valence-electron chi connectivity index (χ2n) is 5.71. The fraction of sp³-hybridized carbons (Fsp3) is 0.0556. The van der Waals surface area contributed by atoms with Crippen LogP contribution in [0.3, 0.4) is 0 Å². The highest BCUT2D eigenvalue weighted by Crippen LogP contribution is 2.28. The van der Waals surface area contributed by atoms with Crippen LogP contribution >= 0.6 is 11.3 Å². The van der Waals surface area contributed by atoms with Gasteiger partial charge in [0.2, 0.25) is 0 Å². The smallest absolute Gasteiger partial charge is 0.260 e. The van der Waals surface area contributed by atoms with E-state index in [4.69, 9.17) is 0 Å². The Bertz CT molecular complexity index is 1150. The molecule has 0 bridgehead atoms. The van der Waals surface area contributed by atoms with Gasteiger partial charge >= 0.3 is 0 Å². The maximum absolute atomic E-state index is 14.0. The van der Waals surface area contributed by atoms with Crippen molar-refractivity contribution >= 4 is 32.6 Å². The second kappa shape index (κ2) is 6.51. The standard InChI is InChI=1S/C18H11F3N4OS/c1-9-10(8-22-25(9)15-5-3-2-4-11(15)19)17(26)24-18-23-14-6-12(20)13(21)7-16(14)27-18/h2-8H,1H3,(H,23,24,26). The molecule has 0 saturated heterocycles. The highest BCUT2D eigenvalue weighted by atomic mass is 32.1. The molecule has 2 aromatic carbocycles. The van der Waals surface area contributed by atoms with E-state index in [0.29, 0.717) is 10.4 Å². The number of amides is 1. The Balaban J connectivity index is 1.63. The number of aromatic nitrogens is 3. The maximum Gasteiger partial charge on any atom is 0.260 e. The van der Waals surface area contributed by atoms with Gasteiger partial charge in [-0.05, 0) is 25.1 Å². The number of halogens is 3. The third-order valence-corrected chi connectivity index (χ3v) is 4.92. The summed E-state index contributed by atoms with van der Waals surface area (Å²) in [5, 5.41) is 6.85. The summed E-state index contributed by atoms with van der Waals surface area (Å²) < 4.78 is 42.3. The molecule has 136 valence electrons. The highest BCUT2D eigenvalue weighted by Gasteiger charge is 2.18. The summed E-state index contributed by atoms with van der Waals surface area (Å²) in [6, 6.07) is 8.07. The predicted molar refractivity (Wildman–Crippen MR) is 95.7 cm³/mol. The van der Waals surface area contributed by atoms with Crippen molar-refractivity contribution in [3.05, 3.63) is 71.3 Å². The summed E-state index contributed by atoms with van der Waals surface area (Å²) in [6.45, 7) is 1.64. The lowest BCUT2D eigenvalue weighted by Gasteiger charge is -2.06. The first-order valence-corrected chi connectivity index (χ1v) is 8.62. The van der Waals surface area contributed by atoms with Crippen LogP contribution in [0.5, 0.6) is 0 Å². The number of nitrogens with zero attached hydrogens (tertiary/aromatic N) is 3. The minimum absolute atomic E-state index is 0.193. The normalized spacial score (nSPS) is 11.1. The molecule has 0 aliphatic carbocycles. The molecule has 0 atom stereocenters. The van der Waals surface area contributed by atoms with Crippen LogP contribution in [0.25, 0.3) is 15.9 Å². The van der Waals surface area contributed by atoms with Crippen molar-refractivity contribution in [3.63, 3.8) is 0 Å². The van der Waals surface area contributed by atoms with Crippen LogP contribution in [0.2, 0.25) is 0 Å². The van der Waals surface area contributed by atoms with Gasteiger partial charge in [-0.3, -0.25) is 10.1 Å². The molecule has 0 aliphatic heterocycles. The number of para-hydroxylation sites is 1. The van der Waals surface area contributed by atoms with E-state index >= 15 is 0 Å². The van der Waals surface area contributed by atoms with Crippen LogP contribution in [0, 0.1) is 24.4 Å². The van der Waals surface area contributed by atoms with Gasteiger partial charge in [-0.25, -0.2) is 22.8 Å². The van der Waals surface area contributed by atoms with E-state index in [2.05, 4.69) is 15.4 Å². The van der Waals surface area contributed by atoms with Crippen LogP contribution in [0.1, 0.15) is 16.1 Å². The van der Waals surface area contributed by atoms with Crippen LogP contribution in [0.4, 0.5) is 18.3 Å². The van der Waals surface area contributed by atoms with Crippen molar-refractivity contribution in [1.29, 1.82) is 0 Å². The first kappa shape index (κ1) is 17.2. The lowest BCUT2D eigenvalue weighted by Crippen LogP contribution is -2.13. The first-order valence-electron chi connectivity index (χ1n) is 7.80. The van der Waals surface area contributed by atoms with Gasteiger partial charge in [-0.1, -0.05) is 23.5 Å². The van der Waals surface area contributed by atoms with Gasteiger partial charge in [0.15, 0.2) is 16.8 Å². The van der Waals surface area contributed by atoms with E-state index in [1.807, 2.05) is 0 Å². The Labute approximate surface area is 155 Å². The Morgan fingerprint density at radius 3 is 2.63 bits per heavy atom. The molecule has 2 heterocycles.